The Morgan fingerprint density at radius 1 is 1.00 bits per heavy atom. The van der Waals surface area contributed by atoms with E-state index in [1.165, 1.54) is 25.3 Å². The van der Waals surface area contributed by atoms with Crippen LogP contribution in [-0.4, -0.2) is 24.7 Å². The Kier molecular flexibility index (Phi) is 8.54. The van der Waals surface area contributed by atoms with Gasteiger partial charge in [-0.25, -0.2) is 19.5 Å². The first-order chi connectivity index (χ1) is 19.7. The SMILES string of the molecule is Nc1cn[nH]c(=O)c1C(F)(F)F.Nc1nc(-c2cc3ccn(CCCCC4CC4)c(=O)c3cc2F)ncc1C(F)(F)F. The molecule has 9 nitrogen and oxygen atoms in total. The number of nitrogens with zero attached hydrogens (tertiary/aromatic N) is 4. The van der Waals surface area contributed by atoms with E-state index in [4.69, 9.17) is 11.5 Å². The molecule has 5 rings (SSSR count). The van der Waals surface area contributed by atoms with Crippen LogP contribution in [0.1, 0.15) is 43.2 Å². The molecule has 0 bridgehead atoms. The van der Waals surface area contributed by atoms with E-state index >= 15 is 0 Å². The number of nitrogen functional groups attached to an aromatic ring is 2. The number of fused-ring (bicyclic) bond motifs is 1. The number of nitrogens with one attached hydrogen (secondary N) is 1. The van der Waals surface area contributed by atoms with E-state index in [-0.39, 0.29) is 22.3 Å². The molecule has 0 radical (unpaired) electrons. The van der Waals surface area contributed by atoms with Crippen LogP contribution in [0.3, 0.4) is 0 Å². The quantitative estimate of drug-likeness (QED) is 0.205. The summed E-state index contributed by atoms with van der Waals surface area (Å²) >= 11 is 0. The van der Waals surface area contributed by atoms with Crippen molar-refractivity contribution in [1.82, 2.24) is 24.7 Å². The molecule has 3 aromatic heterocycles. The van der Waals surface area contributed by atoms with E-state index in [0.29, 0.717) is 18.1 Å². The van der Waals surface area contributed by atoms with Gasteiger partial charge < -0.3 is 16.0 Å². The van der Waals surface area contributed by atoms with Gasteiger partial charge >= 0.3 is 12.4 Å². The molecule has 16 heteroatoms. The van der Waals surface area contributed by atoms with Crippen LogP contribution in [0.5, 0.6) is 0 Å². The van der Waals surface area contributed by atoms with Crippen molar-refractivity contribution in [2.75, 3.05) is 11.5 Å². The van der Waals surface area contributed by atoms with E-state index in [1.807, 2.05) is 0 Å². The molecule has 1 aliphatic rings. The standard InChI is InChI=1S/C21H20F4N4O.C5H4F3N3O/c22-17-10-14-13(6-8-29(20(14)30)7-2-1-3-12-4-5-12)9-15(17)19-27-11-16(18(26)28-19)21(23,24)25;6-5(7,8)3-2(9)1-10-11-4(3)12/h6,8-12H,1-5,7H2,(H2,26,27,28);1H,(H3,9,11,12). The van der Waals surface area contributed by atoms with Gasteiger partial charge in [0.05, 0.1) is 22.8 Å². The molecule has 0 spiro atoms. The van der Waals surface area contributed by atoms with Crippen LogP contribution in [0.25, 0.3) is 22.2 Å². The first-order valence-electron chi connectivity index (χ1n) is 12.6. The van der Waals surface area contributed by atoms with Crippen molar-refractivity contribution in [3.8, 4) is 11.4 Å². The molecule has 224 valence electrons. The molecular weight excluding hydrogens is 575 g/mol. The average molecular weight is 600 g/mol. The summed E-state index contributed by atoms with van der Waals surface area (Å²) in [5.41, 5.74) is 5.27. The fourth-order valence-electron chi connectivity index (χ4n) is 4.22. The molecule has 0 unspecified atom stereocenters. The van der Waals surface area contributed by atoms with Gasteiger partial charge in [0.2, 0.25) is 0 Å². The lowest BCUT2D eigenvalue weighted by atomic mass is 10.1. The molecule has 1 aliphatic carbocycles. The van der Waals surface area contributed by atoms with Crippen molar-refractivity contribution in [3.05, 3.63) is 74.4 Å². The Hall–Kier alpha value is -4.50. The van der Waals surface area contributed by atoms with Crippen molar-refractivity contribution in [2.45, 2.75) is 51.0 Å². The van der Waals surface area contributed by atoms with Crippen molar-refractivity contribution in [2.24, 2.45) is 5.92 Å². The number of pyridine rings is 1. The van der Waals surface area contributed by atoms with Gasteiger partial charge in [0, 0.05) is 18.9 Å². The highest BCUT2D eigenvalue weighted by Gasteiger charge is 2.36. The number of aromatic nitrogens is 5. The number of unbranched alkanes of at least 4 members (excludes halogenated alkanes) is 1. The summed E-state index contributed by atoms with van der Waals surface area (Å²) in [4.78, 5) is 30.5. The molecule has 0 atom stereocenters. The van der Waals surface area contributed by atoms with Crippen molar-refractivity contribution in [3.63, 3.8) is 0 Å². The van der Waals surface area contributed by atoms with Crippen LogP contribution in [0, 0.1) is 11.7 Å². The second-order valence-electron chi connectivity index (χ2n) is 9.69. The van der Waals surface area contributed by atoms with Crippen LogP contribution in [0.2, 0.25) is 0 Å². The molecule has 4 aromatic rings. The van der Waals surface area contributed by atoms with Crippen LogP contribution in [-0.2, 0) is 18.9 Å². The molecule has 1 saturated carbocycles. The lowest BCUT2D eigenvalue weighted by Crippen LogP contribution is -2.24. The van der Waals surface area contributed by atoms with E-state index < -0.39 is 46.4 Å². The maximum Gasteiger partial charge on any atom is 0.423 e. The molecule has 1 aromatic carbocycles. The third kappa shape index (κ3) is 7.03. The van der Waals surface area contributed by atoms with Gasteiger partial charge in [-0.2, -0.15) is 31.4 Å². The molecule has 42 heavy (non-hydrogen) atoms. The van der Waals surface area contributed by atoms with Gasteiger partial charge in [0.25, 0.3) is 11.1 Å². The minimum absolute atomic E-state index is 0.121. The smallest absolute Gasteiger partial charge is 0.397 e. The zero-order valence-corrected chi connectivity index (χ0v) is 21.7. The number of aromatic amines is 1. The number of anilines is 2. The minimum Gasteiger partial charge on any atom is -0.397 e. The predicted octanol–water partition coefficient (Wildman–Crippen LogP) is 5.15. The van der Waals surface area contributed by atoms with Crippen molar-refractivity contribution >= 4 is 22.3 Å². The summed E-state index contributed by atoms with van der Waals surface area (Å²) in [5.74, 6) is -1.02. The van der Waals surface area contributed by atoms with E-state index in [0.717, 1.165) is 31.0 Å². The zero-order valence-electron chi connectivity index (χ0n) is 21.7. The van der Waals surface area contributed by atoms with Crippen LogP contribution in [0.15, 0.2) is 46.4 Å². The Labute approximate surface area is 232 Å². The number of nitrogens with two attached hydrogens (primary N) is 2. The highest BCUT2D eigenvalue weighted by atomic mass is 19.4. The predicted molar refractivity (Wildman–Crippen MR) is 139 cm³/mol. The minimum atomic E-state index is -4.74. The molecular formula is C26H24F7N7O2. The van der Waals surface area contributed by atoms with Gasteiger partial charge in [-0.3, -0.25) is 9.59 Å². The first kappa shape index (κ1) is 30.5. The number of hydrogen-bond acceptors (Lipinski definition) is 7. The van der Waals surface area contributed by atoms with Gasteiger partial charge in [-0.1, -0.05) is 25.7 Å². The maximum absolute atomic E-state index is 14.7. The fraction of sp³-hybridized carbons (Fsp3) is 0.346. The second kappa shape index (κ2) is 11.8. The summed E-state index contributed by atoms with van der Waals surface area (Å²) in [6, 6.07) is 4.10. The molecule has 5 N–H and O–H groups in total. The third-order valence-electron chi connectivity index (χ3n) is 6.56. The molecule has 3 heterocycles. The highest BCUT2D eigenvalue weighted by Crippen LogP contribution is 2.35. The van der Waals surface area contributed by atoms with Crippen LogP contribution < -0.4 is 22.6 Å². The summed E-state index contributed by atoms with van der Waals surface area (Å²) in [6.45, 7) is 0.559. The second-order valence-corrected chi connectivity index (χ2v) is 9.69. The number of alkyl halides is 6. The lowest BCUT2D eigenvalue weighted by Gasteiger charge is -2.11. The van der Waals surface area contributed by atoms with E-state index in [9.17, 15) is 40.3 Å². The van der Waals surface area contributed by atoms with Crippen molar-refractivity contribution < 1.29 is 30.7 Å². The third-order valence-corrected chi connectivity index (χ3v) is 6.56. The fourth-order valence-corrected chi connectivity index (χ4v) is 4.22. The molecule has 1 fully saturated rings. The van der Waals surface area contributed by atoms with Gasteiger partial charge in [-0.05, 0) is 35.9 Å². The van der Waals surface area contributed by atoms with E-state index in [1.54, 1.807) is 21.9 Å². The molecule has 0 saturated heterocycles. The number of hydrogen-bond donors (Lipinski definition) is 3. The zero-order chi connectivity index (χ0) is 30.8. The molecule has 0 aliphatic heterocycles. The Morgan fingerprint density at radius 3 is 2.29 bits per heavy atom. The number of benzene rings is 1. The van der Waals surface area contributed by atoms with Gasteiger partial charge in [0.15, 0.2) is 5.82 Å². The number of rotatable bonds is 6. The highest BCUT2D eigenvalue weighted by molar-refractivity contribution is 5.86. The molecule has 0 amide bonds. The largest absolute Gasteiger partial charge is 0.423 e. The summed E-state index contributed by atoms with van der Waals surface area (Å²) in [7, 11) is 0. The number of halogens is 7. The van der Waals surface area contributed by atoms with E-state index in [2.05, 4.69) is 15.1 Å². The van der Waals surface area contributed by atoms with Crippen LogP contribution >= 0.6 is 0 Å². The summed E-state index contributed by atoms with van der Waals surface area (Å²) in [6.07, 6.45) is -0.823. The summed E-state index contributed by atoms with van der Waals surface area (Å²) < 4.78 is 90.7. The normalized spacial score (nSPS) is 13.6. The Bertz CT molecular complexity index is 1710. The topological polar surface area (TPSA) is 146 Å². The average Bonchev–Trinajstić information content (AvgIpc) is 3.71. The van der Waals surface area contributed by atoms with Crippen molar-refractivity contribution in [1.29, 1.82) is 0 Å². The lowest BCUT2D eigenvalue weighted by molar-refractivity contribution is -0.138. The van der Waals surface area contributed by atoms with Gasteiger partial charge in [-0.15, -0.1) is 0 Å². The first-order valence-corrected chi connectivity index (χ1v) is 12.6. The number of aryl methyl sites for hydroxylation is 1. The van der Waals surface area contributed by atoms with Gasteiger partial charge in [0.1, 0.15) is 22.8 Å². The Balaban J connectivity index is 0.000000283. The van der Waals surface area contributed by atoms with Crippen LogP contribution in [0.4, 0.5) is 42.2 Å². The summed E-state index contributed by atoms with van der Waals surface area (Å²) in [5, 5.41) is 5.38. The Morgan fingerprint density at radius 2 is 1.71 bits per heavy atom. The maximum atomic E-state index is 14.7. The monoisotopic (exact) mass is 599 g/mol. The number of H-pyrrole nitrogens is 1.